The average Bonchev–Trinajstić information content (AvgIpc) is 2.20. The van der Waals surface area contributed by atoms with Gasteiger partial charge < -0.3 is 5.73 Å². The summed E-state index contributed by atoms with van der Waals surface area (Å²) in [4.78, 5) is 11.1. The molecule has 1 rings (SSSR count). The van der Waals surface area contributed by atoms with Gasteiger partial charge in [-0.1, -0.05) is 0 Å². The lowest BCUT2D eigenvalue weighted by molar-refractivity contribution is -0.117. The van der Waals surface area contributed by atoms with Crippen LogP contribution in [0.4, 0.5) is 4.39 Å². The highest BCUT2D eigenvalue weighted by Gasteiger charge is 2.13. The fourth-order valence-electron chi connectivity index (χ4n) is 0.914. The van der Waals surface area contributed by atoms with E-state index >= 15 is 0 Å². The van der Waals surface area contributed by atoms with E-state index in [-0.39, 0.29) is 5.56 Å². The van der Waals surface area contributed by atoms with E-state index in [1.807, 2.05) is 6.07 Å². The number of primary amides is 1. The van der Waals surface area contributed by atoms with Gasteiger partial charge in [0.05, 0.1) is 16.9 Å². The molecule has 78 valence electrons. The van der Waals surface area contributed by atoms with E-state index < -0.39 is 17.0 Å². The molecule has 15 heavy (non-hydrogen) atoms. The van der Waals surface area contributed by atoms with Crippen molar-refractivity contribution in [3.05, 3.63) is 29.6 Å². The Morgan fingerprint density at radius 1 is 1.67 bits per heavy atom. The lowest BCUT2D eigenvalue weighted by Crippen LogP contribution is -2.22. The number of nitriles is 1. The van der Waals surface area contributed by atoms with E-state index in [4.69, 9.17) is 11.0 Å². The summed E-state index contributed by atoms with van der Waals surface area (Å²) in [5, 5.41) is 8.03. The molecular weight excluding hydrogens is 215 g/mol. The van der Waals surface area contributed by atoms with Crippen LogP contribution < -0.4 is 5.73 Å². The topological polar surface area (TPSA) is 66.9 Å². The molecule has 1 aromatic rings. The molecule has 0 aliphatic rings. The zero-order valence-electron chi connectivity index (χ0n) is 8.03. The first-order valence-corrected chi connectivity index (χ1v) is 5.08. The Morgan fingerprint density at radius 3 is 2.80 bits per heavy atom. The van der Waals surface area contributed by atoms with Gasteiger partial charge in [0.2, 0.25) is 5.91 Å². The molecular formula is C10H9FN2OS. The first kappa shape index (κ1) is 11.5. The summed E-state index contributed by atoms with van der Waals surface area (Å²) in [5.41, 5.74) is 5.31. The van der Waals surface area contributed by atoms with Crippen molar-refractivity contribution in [3.63, 3.8) is 0 Å². The van der Waals surface area contributed by atoms with Gasteiger partial charge >= 0.3 is 0 Å². The average molecular weight is 224 g/mol. The molecule has 1 aromatic carbocycles. The van der Waals surface area contributed by atoms with E-state index in [0.717, 1.165) is 17.8 Å². The normalized spacial score (nSPS) is 11.8. The molecule has 1 atom stereocenters. The monoisotopic (exact) mass is 224 g/mol. The Labute approximate surface area is 91.1 Å². The molecule has 3 nitrogen and oxygen atoms in total. The van der Waals surface area contributed by atoms with E-state index in [2.05, 4.69) is 0 Å². The van der Waals surface area contributed by atoms with Gasteiger partial charge in [-0.15, -0.1) is 11.8 Å². The molecule has 0 bridgehead atoms. The van der Waals surface area contributed by atoms with Crippen LogP contribution >= 0.6 is 11.8 Å². The maximum Gasteiger partial charge on any atom is 0.230 e. The van der Waals surface area contributed by atoms with Gasteiger partial charge in [-0.05, 0) is 25.1 Å². The SMILES string of the molecule is C[C@H](Sc1ccc(C#N)cc1F)C(N)=O. The number of benzene rings is 1. The van der Waals surface area contributed by atoms with Gasteiger partial charge in [0.25, 0.3) is 0 Å². The minimum absolute atomic E-state index is 0.253. The summed E-state index contributed by atoms with van der Waals surface area (Å²) in [5.74, 6) is -1.00. The van der Waals surface area contributed by atoms with Crippen LogP contribution in [0.2, 0.25) is 0 Å². The summed E-state index contributed by atoms with van der Waals surface area (Å²) >= 11 is 1.04. The van der Waals surface area contributed by atoms with Crippen molar-refractivity contribution in [1.29, 1.82) is 5.26 Å². The summed E-state index contributed by atoms with van der Waals surface area (Å²) in [6, 6.07) is 5.93. The van der Waals surface area contributed by atoms with Gasteiger partial charge in [-0.3, -0.25) is 4.79 Å². The van der Waals surface area contributed by atoms with Crippen molar-refractivity contribution in [2.24, 2.45) is 5.73 Å². The third-order valence-corrected chi connectivity index (χ3v) is 2.94. The van der Waals surface area contributed by atoms with Crippen LogP contribution in [0.3, 0.4) is 0 Å². The lowest BCUT2D eigenvalue weighted by Gasteiger charge is -2.07. The first-order valence-electron chi connectivity index (χ1n) is 4.20. The van der Waals surface area contributed by atoms with Crippen LogP contribution in [0.25, 0.3) is 0 Å². The molecule has 0 heterocycles. The van der Waals surface area contributed by atoms with Gasteiger partial charge in [0.15, 0.2) is 0 Å². The molecule has 0 spiro atoms. The van der Waals surface area contributed by atoms with Crippen LogP contribution in [0.1, 0.15) is 12.5 Å². The fraction of sp³-hybridized carbons (Fsp3) is 0.200. The molecule has 5 heteroatoms. The Balaban J connectivity index is 2.88. The Hall–Kier alpha value is -1.54. The second-order valence-electron chi connectivity index (χ2n) is 2.92. The zero-order valence-corrected chi connectivity index (χ0v) is 8.84. The number of nitrogens with two attached hydrogens (primary N) is 1. The fourth-order valence-corrected chi connectivity index (χ4v) is 1.73. The third kappa shape index (κ3) is 2.96. The number of carbonyl (C=O) groups excluding carboxylic acids is 1. The molecule has 0 saturated heterocycles. The number of rotatable bonds is 3. The molecule has 0 fully saturated rings. The maximum atomic E-state index is 13.3. The van der Waals surface area contributed by atoms with Crippen LogP contribution in [0.15, 0.2) is 23.1 Å². The van der Waals surface area contributed by atoms with E-state index in [1.54, 1.807) is 6.92 Å². The first-order chi connectivity index (χ1) is 7.04. The maximum absolute atomic E-state index is 13.3. The number of hydrogen-bond donors (Lipinski definition) is 1. The van der Waals surface area contributed by atoms with Crippen molar-refractivity contribution in [2.75, 3.05) is 0 Å². The Bertz CT molecular complexity index is 428. The molecule has 0 aromatic heterocycles. The van der Waals surface area contributed by atoms with Crippen LogP contribution in [0, 0.1) is 17.1 Å². The van der Waals surface area contributed by atoms with Crippen molar-refractivity contribution in [3.8, 4) is 6.07 Å². The minimum atomic E-state index is -0.507. The Morgan fingerprint density at radius 2 is 2.33 bits per heavy atom. The summed E-state index contributed by atoms with van der Waals surface area (Å²) in [6.45, 7) is 1.60. The molecule has 1 amide bonds. The third-order valence-electron chi connectivity index (χ3n) is 1.77. The number of hydrogen-bond acceptors (Lipinski definition) is 3. The second-order valence-corrected chi connectivity index (χ2v) is 4.30. The molecule has 2 N–H and O–H groups in total. The predicted octanol–water partition coefficient (Wildman–Crippen LogP) is 1.66. The number of amides is 1. The highest BCUT2D eigenvalue weighted by molar-refractivity contribution is 8.00. The van der Waals surface area contributed by atoms with Crippen molar-refractivity contribution >= 4 is 17.7 Å². The second kappa shape index (κ2) is 4.80. The standard InChI is InChI=1S/C10H9FN2OS/c1-6(10(13)14)15-9-3-2-7(5-12)4-8(9)11/h2-4,6H,1H3,(H2,13,14)/t6-/m0/s1. The largest absolute Gasteiger partial charge is 0.369 e. The van der Waals surface area contributed by atoms with Gasteiger partial charge in [-0.2, -0.15) is 5.26 Å². The van der Waals surface area contributed by atoms with E-state index in [9.17, 15) is 9.18 Å². The van der Waals surface area contributed by atoms with E-state index in [1.165, 1.54) is 12.1 Å². The zero-order chi connectivity index (χ0) is 11.4. The van der Waals surface area contributed by atoms with Gasteiger partial charge in [0, 0.05) is 4.90 Å². The summed E-state index contributed by atoms with van der Waals surface area (Å²) in [7, 11) is 0. The molecule has 0 unspecified atom stereocenters. The van der Waals surface area contributed by atoms with E-state index in [0.29, 0.717) is 4.90 Å². The molecule has 0 saturated carbocycles. The summed E-state index contributed by atoms with van der Waals surface area (Å²) < 4.78 is 13.3. The van der Waals surface area contributed by atoms with Gasteiger partial charge in [-0.25, -0.2) is 4.39 Å². The number of carbonyl (C=O) groups is 1. The van der Waals surface area contributed by atoms with Crippen molar-refractivity contribution in [2.45, 2.75) is 17.1 Å². The highest BCUT2D eigenvalue weighted by atomic mass is 32.2. The number of halogens is 1. The molecule has 0 aliphatic heterocycles. The molecule has 0 aliphatic carbocycles. The molecule has 0 radical (unpaired) electrons. The number of nitrogens with zero attached hydrogens (tertiary/aromatic N) is 1. The minimum Gasteiger partial charge on any atom is -0.369 e. The van der Waals surface area contributed by atoms with Gasteiger partial charge in [0.1, 0.15) is 5.82 Å². The number of thioether (sulfide) groups is 1. The predicted molar refractivity (Wildman–Crippen MR) is 55.6 cm³/mol. The highest BCUT2D eigenvalue weighted by Crippen LogP contribution is 2.26. The summed E-state index contributed by atoms with van der Waals surface area (Å²) in [6.07, 6.45) is 0. The van der Waals surface area contributed by atoms with Crippen LogP contribution in [-0.4, -0.2) is 11.2 Å². The smallest absolute Gasteiger partial charge is 0.230 e. The quantitative estimate of drug-likeness (QED) is 0.794. The van der Waals surface area contributed by atoms with Crippen LogP contribution in [-0.2, 0) is 4.79 Å². The van der Waals surface area contributed by atoms with Crippen molar-refractivity contribution in [1.82, 2.24) is 0 Å². The van der Waals surface area contributed by atoms with Crippen molar-refractivity contribution < 1.29 is 9.18 Å². The lowest BCUT2D eigenvalue weighted by atomic mass is 10.2. The Kier molecular flexibility index (Phi) is 3.69. The van der Waals surface area contributed by atoms with Crippen LogP contribution in [0.5, 0.6) is 0 Å².